The standard InChI is InChI=1S/C24H20N2O4/c1-29-18-9-6-8-17(15-18)26-22(25-20-11-4-3-10-19(20)24(26)28)14-13-16-7-5-12-21(30-2)23(16)27/h3-15,27H,1-2H3. The molecule has 30 heavy (non-hydrogen) atoms. The average molecular weight is 400 g/mol. The molecule has 4 aromatic rings. The number of aromatic hydroxyl groups is 1. The Balaban J connectivity index is 1.93. The SMILES string of the molecule is COc1cccc(-n2c(C=Cc3cccc(OC)c3O)nc3ccccc3c2=O)c1. The summed E-state index contributed by atoms with van der Waals surface area (Å²) in [6.45, 7) is 0. The quantitative estimate of drug-likeness (QED) is 0.541. The zero-order chi connectivity index (χ0) is 21.1. The number of fused-ring (bicyclic) bond motifs is 1. The molecule has 150 valence electrons. The number of para-hydroxylation sites is 2. The van der Waals surface area contributed by atoms with Crippen LogP contribution in [0.1, 0.15) is 11.4 Å². The summed E-state index contributed by atoms with van der Waals surface area (Å²) < 4.78 is 12.0. The minimum Gasteiger partial charge on any atom is -0.504 e. The maximum absolute atomic E-state index is 13.3. The van der Waals surface area contributed by atoms with Gasteiger partial charge in [-0.2, -0.15) is 0 Å². The van der Waals surface area contributed by atoms with E-state index in [0.29, 0.717) is 39.5 Å². The van der Waals surface area contributed by atoms with Gasteiger partial charge in [0.25, 0.3) is 5.56 Å². The zero-order valence-corrected chi connectivity index (χ0v) is 16.6. The largest absolute Gasteiger partial charge is 0.504 e. The molecule has 1 aromatic heterocycles. The number of hydrogen-bond donors (Lipinski definition) is 1. The highest BCUT2D eigenvalue weighted by Gasteiger charge is 2.12. The van der Waals surface area contributed by atoms with Crippen molar-refractivity contribution in [1.82, 2.24) is 9.55 Å². The van der Waals surface area contributed by atoms with Crippen LogP contribution in [0, 0.1) is 0 Å². The first-order chi connectivity index (χ1) is 14.6. The molecule has 0 bridgehead atoms. The Hall–Kier alpha value is -4.06. The van der Waals surface area contributed by atoms with Crippen LogP contribution in [-0.2, 0) is 0 Å². The molecule has 0 saturated carbocycles. The zero-order valence-electron chi connectivity index (χ0n) is 16.6. The lowest BCUT2D eigenvalue weighted by molar-refractivity contribution is 0.373. The van der Waals surface area contributed by atoms with E-state index >= 15 is 0 Å². The molecule has 0 aliphatic heterocycles. The molecule has 1 N–H and O–H groups in total. The molecular weight excluding hydrogens is 380 g/mol. The highest BCUT2D eigenvalue weighted by molar-refractivity contribution is 5.80. The van der Waals surface area contributed by atoms with Gasteiger partial charge in [0, 0.05) is 11.6 Å². The topological polar surface area (TPSA) is 73.6 Å². The van der Waals surface area contributed by atoms with Crippen molar-refractivity contribution in [2.24, 2.45) is 0 Å². The molecule has 0 radical (unpaired) electrons. The van der Waals surface area contributed by atoms with Crippen LogP contribution in [0.15, 0.2) is 71.5 Å². The van der Waals surface area contributed by atoms with E-state index in [4.69, 9.17) is 9.47 Å². The molecule has 3 aromatic carbocycles. The molecule has 0 spiro atoms. The minimum atomic E-state index is -0.191. The molecule has 4 rings (SSSR count). The van der Waals surface area contributed by atoms with E-state index in [2.05, 4.69) is 4.98 Å². The number of benzene rings is 3. The van der Waals surface area contributed by atoms with Gasteiger partial charge >= 0.3 is 0 Å². The number of phenolic OH excluding ortho intramolecular Hbond substituents is 1. The summed E-state index contributed by atoms with van der Waals surface area (Å²) >= 11 is 0. The molecule has 0 fully saturated rings. The molecular formula is C24H20N2O4. The van der Waals surface area contributed by atoms with E-state index in [1.807, 2.05) is 30.3 Å². The van der Waals surface area contributed by atoms with Gasteiger partial charge in [0.05, 0.1) is 30.8 Å². The number of ether oxygens (including phenoxy) is 2. The van der Waals surface area contributed by atoms with Crippen LogP contribution in [-0.4, -0.2) is 28.9 Å². The lowest BCUT2D eigenvalue weighted by Crippen LogP contribution is -2.22. The second kappa shape index (κ2) is 8.13. The van der Waals surface area contributed by atoms with Crippen LogP contribution in [0.2, 0.25) is 0 Å². The highest BCUT2D eigenvalue weighted by Crippen LogP contribution is 2.30. The fraction of sp³-hybridized carbons (Fsp3) is 0.0833. The lowest BCUT2D eigenvalue weighted by atomic mass is 10.1. The predicted molar refractivity (Wildman–Crippen MR) is 117 cm³/mol. The van der Waals surface area contributed by atoms with E-state index in [-0.39, 0.29) is 11.3 Å². The first-order valence-corrected chi connectivity index (χ1v) is 9.32. The summed E-state index contributed by atoms with van der Waals surface area (Å²) in [7, 11) is 3.07. The van der Waals surface area contributed by atoms with Gasteiger partial charge in [-0.3, -0.25) is 9.36 Å². The Morgan fingerprint density at radius 2 is 1.73 bits per heavy atom. The van der Waals surface area contributed by atoms with E-state index in [1.165, 1.54) is 11.7 Å². The molecule has 1 heterocycles. The predicted octanol–water partition coefficient (Wildman–Crippen LogP) is 4.28. The number of phenols is 1. The smallest absolute Gasteiger partial charge is 0.266 e. The Kier molecular flexibility index (Phi) is 5.22. The number of nitrogens with zero attached hydrogens (tertiary/aromatic N) is 2. The molecule has 0 atom stereocenters. The Labute approximate surface area is 173 Å². The average Bonchev–Trinajstić information content (AvgIpc) is 2.78. The molecule has 0 amide bonds. The molecule has 0 unspecified atom stereocenters. The maximum atomic E-state index is 13.3. The molecule has 6 nitrogen and oxygen atoms in total. The number of rotatable bonds is 5. The summed E-state index contributed by atoms with van der Waals surface area (Å²) in [6.07, 6.45) is 3.40. The van der Waals surface area contributed by atoms with Gasteiger partial charge in [-0.15, -0.1) is 0 Å². The Morgan fingerprint density at radius 3 is 2.53 bits per heavy atom. The lowest BCUT2D eigenvalue weighted by Gasteiger charge is -2.12. The van der Waals surface area contributed by atoms with Crippen molar-refractivity contribution in [2.75, 3.05) is 14.2 Å². The highest BCUT2D eigenvalue weighted by atomic mass is 16.5. The van der Waals surface area contributed by atoms with Crippen molar-refractivity contribution in [3.63, 3.8) is 0 Å². The van der Waals surface area contributed by atoms with Crippen LogP contribution >= 0.6 is 0 Å². The third-order valence-electron chi connectivity index (χ3n) is 4.78. The van der Waals surface area contributed by atoms with Crippen molar-refractivity contribution in [3.05, 3.63) is 88.5 Å². The van der Waals surface area contributed by atoms with Crippen LogP contribution in [0.25, 0.3) is 28.7 Å². The van der Waals surface area contributed by atoms with Crippen LogP contribution < -0.4 is 15.0 Å². The first-order valence-electron chi connectivity index (χ1n) is 9.32. The summed E-state index contributed by atoms with van der Waals surface area (Å²) in [5.74, 6) is 1.45. The Bertz CT molecular complexity index is 1310. The van der Waals surface area contributed by atoms with Gasteiger partial charge in [-0.05, 0) is 42.5 Å². The second-order valence-electron chi connectivity index (χ2n) is 6.56. The van der Waals surface area contributed by atoms with E-state index < -0.39 is 0 Å². The van der Waals surface area contributed by atoms with Gasteiger partial charge < -0.3 is 14.6 Å². The number of hydrogen-bond acceptors (Lipinski definition) is 5. The van der Waals surface area contributed by atoms with Crippen LogP contribution in [0.3, 0.4) is 0 Å². The third-order valence-corrected chi connectivity index (χ3v) is 4.78. The van der Waals surface area contributed by atoms with Crippen LogP contribution in [0.4, 0.5) is 0 Å². The summed E-state index contributed by atoms with van der Waals surface area (Å²) in [5, 5.41) is 10.9. The third kappa shape index (κ3) is 3.51. The fourth-order valence-corrected chi connectivity index (χ4v) is 3.26. The van der Waals surface area contributed by atoms with Crippen molar-refractivity contribution in [2.45, 2.75) is 0 Å². The van der Waals surface area contributed by atoms with E-state index in [1.54, 1.807) is 55.7 Å². The van der Waals surface area contributed by atoms with E-state index in [9.17, 15) is 9.90 Å². The van der Waals surface area contributed by atoms with Crippen molar-refractivity contribution < 1.29 is 14.6 Å². The van der Waals surface area contributed by atoms with Gasteiger partial charge in [0.1, 0.15) is 11.6 Å². The molecule has 0 aliphatic rings. The van der Waals surface area contributed by atoms with Gasteiger partial charge in [-0.25, -0.2) is 4.98 Å². The van der Waals surface area contributed by atoms with Crippen molar-refractivity contribution >= 4 is 23.1 Å². The summed E-state index contributed by atoms with van der Waals surface area (Å²) in [6, 6.07) is 19.6. The van der Waals surface area contributed by atoms with Crippen molar-refractivity contribution in [3.8, 4) is 22.9 Å². The monoisotopic (exact) mass is 400 g/mol. The van der Waals surface area contributed by atoms with Gasteiger partial charge in [0.15, 0.2) is 11.5 Å². The van der Waals surface area contributed by atoms with E-state index in [0.717, 1.165) is 0 Å². The summed E-state index contributed by atoms with van der Waals surface area (Å²) in [4.78, 5) is 18.0. The minimum absolute atomic E-state index is 0.0207. The molecule has 6 heteroatoms. The van der Waals surface area contributed by atoms with Crippen LogP contribution in [0.5, 0.6) is 17.2 Å². The van der Waals surface area contributed by atoms with Gasteiger partial charge in [-0.1, -0.05) is 30.3 Å². The molecule has 0 aliphatic carbocycles. The normalized spacial score (nSPS) is 11.1. The number of methoxy groups -OCH3 is 2. The van der Waals surface area contributed by atoms with Crippen molar-refractivity contribution in [1.29, 1.82) is 0 Å². The maximum Gasteiger partial charge on any atom is 0.266 e. The Morgan fingerprint density at radius 1 is 0.933 bits per heavy atom. The fourth-order valence-electron chi connectivity index (χ4n) is 3.26. The summed E-state index contributed by atoms with van der Waals surface area (Å²) in [5.41, 5.74) is 1.58. The number of aromatic nitrogens is 2. The molecule has 0 saturated heterocycles. The second-order valence-corrected chi connectivity index (χ2v) is 6.56. The van der Waals surface area contributed by atoms with Gasteiger partial charge in [0.2, 0.25) is 0 Å². The first kappa shape index (κ1) is 19.3.